The van der Waals surface area contributed by atoms with Crippen molar-refractivity contribution in [2.24, 2.45) is 5.41 Å². The van der Waals surface area contributed by atoms with Crippen molar-refractivity contribution in [3.05, 3.63) is 39.4 Å². The fraction of sp³-hybridized carbons (Fsp3) is 0.462. The summed E-state index contributed by atoms with van der Waals surface area (Å²) in [6.45, 7) is 2.27. The predicted octanol–water partition coefficient (Wildman–Crippen LogP) is 2.81. The molecule has 0 unspecified atom stereocenters. The highest BCUT2D eigenvalue weighted by Gasteiger charge is 2.41. The van der Waals surface area contributed by atoms with Crippen LogP contribution in [-0.2, 0) is 0 Å². The minimum absolute atomic E-state index is 0.138. The number of halogens is 1. The Hall–Kier alpha value is -1.43. The van der Waals surface area contributed by atoms with Crippen molar-refractivity contribution in [3.8, 4) is 0 Å². The van der Waals surface area contributed by atoms with Crippen LogP contribution in [0, 0.1) is 22.5 Å². The first kappa shape index (κ1) is 14.0. The Labute approximate surface area is 119 Å². The summed E-state index contributed by atoms with van der Waals surface area (Å²) in [5, 5.41) is 14.6. The van der Waals surface area contributed by atoms with Gasteiger partial charge in [-0.1, -0.05) is 28.1 Å². The smallest absolute Gasteiger partial charge is 0.282 e. The number of benzene rings is 1. The van der Waals surface area contributed by atoms with Crippen LogP contribution in [-0.4, -0.2) is 22.7 Å². The molecule has 0 radical (unpaired) electrons. The number of nitro benzene ring substituents is 1. The number of carbonyl (C=O) groups excluding carboxylic acids is 1. The Morgan fingerprint density at radius 1 is 1.53 bits per heavy atom. The molecule has 19 heavy (non-hydrogen) atoms. The quantitative estimate of drug-likeness (QED) is 0.513. The van der Waals surface area contributed by atoms with Crippen LogP contribution in [0.3, 0.4) is 0 Å². The topological polar surface area (TPSA) is 72.2 Å². The lowest BCUT2D eigenvalue weighted by Gasteiger charge is -2.13. The molecule has 0 saturated heterocycles. The zero-order valence-electron chi connectivity index (χ0n) is 10.6. The molecule has 1 aromatic rings. The zero-order chi connectivity index (χ0) is 14.0. The molecule has 1 fully saturated rings. The minimum atomic E-state index is -0.515. The molecule has 1 saturated carbocycles. The fourth-order valence-corrected chi connectivity index (χ4v) is 2.75. The van der Waals surface area contributed by atoms with E-state index in [1.807, 2.05) is 0 Å². The molecule has 0 bridgehead atoms. The fourth-order valence-electron chi connectivity index (χ4n) is 1.99. The number of nitrogens with one attached hydrogen (secondary N) is 1. The van der Waals surface area contributed by atoms with Crippen LogP contribution in [0.4, 0.5) is 5.69 Å². The van der Waals surface area contributed by atoms with Crippen LogP contribution in [0.15, 0.2) is 18.2 Å². The Balaban J connectivity index is 2.17. The predicted molar refractivity (Wildman–Crippen MR) is 75.6 cm³/mol. The van der Waals surface area contributed by atoms with Crippen LogP contribution >= 0.6 is 15.9 Å². The highest BCUT2D eigenvalue weighted by Crippen LogP contribution is 2.46. The summed E-state index contributed by atoms with van der Waals surface area (Å²) < 4.78 is 0. The number of aryl methyl sites for hydroxylation is 1. The molecular weight excluding hydrogens is 312 g/mol. The normalized spacial score (nSPS) is 15.9. The lowest BCUT2D eigenvalue weighted by atomic mass is 10.1. The highest BCUT2D eigenvalue weighted by molar-refractivity contribution is 9.09. The summed E-state index contributed by atoms with van der Waals surface area (Å²) in [7, 11) is 0. The van der Waals surface area contributed by atoms with E-state index in [9.17, 15) is 14.9 Å². The van der Waals surface area contributed by atoms with E-state index in [2.05, 4.69) is 21.2 Å². The van der Waals surface area contributed by atoms with Crippen LogP contribution in [0.5, 0.6) is 0 Å². The van der Waals surface area contributed by atoms with Gasteiger partial charge in [0.25, 0.3) is 11.6 Å². The second kappa shape index (κ2) is 5.28. The Morgan fingerprint density at radius 3 is 2.74 bits per heavy atom. The number of nitro groups is 1. The third-order valence-electron chi connectivity index (χ3n) is 3.54. The van der Waals surface area contributed by atoms with Gasteiger partial charge in [-0.05, 0) is 30.7 Å². The maximum Gasteiger partial charge on any atom is 0.282 e. The number of carbonyl (C=O) groups is 1. The number of alkyl halides is 1. The lowest BCUT2D eigenvalue weighted by Crippen LogP contribution is -2.31. The summed E-state index contributed by atoms with van der Waals surface area (Å²) in [6.07, 6.45) is 2.16. The van der Waals surface area contributed by atoms with Crippen molar-refractivity contribution >= 4 is 27.5 Å². The molecule has 0 aliphatic heterocycles. The van der Waals surface area contributed by atoms with E-state index >= 15 is 0 Å². The van der Waals surface area contributed by atoms with Crippen molar-refractivity contribution in [2.75, 3.05) is 11.9 Å². The number of nitrogens with zero attached hydrogens (tertiary/aromatic N) is 1. The van der Waals surface area contributed by atoms with E-state index < -0.39 is 4.92 Å². The molecule has 0 heterocycles. The van der Waals surface area contributed by atoms with Gasteiger partial charge in [-0.25, -0.2) is 0 Å². The zero-order valence-corrected chi connectivity index (χ0v) is 12.2. The molecular formula is C13H15BrN2O3. The molecule has 2 rings (SSSR count). The molecule has 1 aliphatic rings. The first-order valence-electron chi connectivity index (χ1n) is 6.07. The average Bonchev–Trinajstić information content (AvgIpc) is 3.16. The van der Waals surface area contributed by atoms with E-state index in [-0.39, 0.29) is 22.6 Å². The van der Waals surface area contributed by atoms with Gasteiger partial charge < -0.3 is 5.32 Å². The number of rotatable bonds is 5. The van der Waals surface area contributed by atoms with Gasteiger partial charge in [-0.15, -0.1) is 0 Å². The van der Waals surface area contributed by atoms with Crippen molar-refractivity contribution in [3.63, 3.8) is 0 Å². The molecule has 1 aromatic carbocycles. The summed E-state index contributed by atoms with van der Waals surface area (Å²) in [4.78, 5) is 22.6. The third kappa shape index (κ3) is 2.94. The van der Waals surface area contributed by atoms with E-state index in [0.29, 0.717) is 12.1 Å². The number of hydrogen-bond acceptors (Lipinski definition) is 3. The van der Waals surface area contributed by atoms with Gasteiger partial charge in [-0.3, -0.25) is 14.9 Å². The monoisotopic (exact) mass is 326 g/mol. The number of amides is 1. The second-order valence-corrected chi connectivity index (χ2v) is 5.60. The second-order valence-electron chi connectivity index (χ2n) is 5.04. The summed E-state index contributed by atoms with van der Waals surface area (Å²) in [5.74, 6) is -0.364. The van der Waals surface area contributed by atoms with Gasteiger partial charge in [0.2, 0.25) is 0 Å². The first-order chi connectivity index (χ1) is 8.99. The van der Waals surface area contributed by atoms with Gasteiger partial charge in [0.15, 0.2) is 0 Å². The maximum atomic E-state index is 12.2. The number of hydrogen-bond donors (Lipinski definition) is 1. The average molecular weight is 327 g/mol. The van der Waals surface area contributed by atoms with E-state index in [0.717, 1.165) is 18.2 Å². The minimum Gasteiger partial charge on any atom is -0.351 e. The highest BCUT2D eigenvalue weighted by atomic mass is 79.9. The molecule has 0 spiro atoms. The Morgan fingerprint density at radius 2 is 2.21 bits per heavy atom. The van der Waals surface area contributed by atoms with Crippen molar-refractivity contribution in [1.82, 2.24) is 5.32 Å². The molecule has 6 heteroatoms. The summed E-state index contributed by atoms with van der Waals surface area (Å²) in [5.41, 5.74) is 0.794. The van der Waals surface area contributed by atoms with Crippen LogP contribution in [0.2, 0.25) is 0 Å². The molecule has 102 valence electrons. The molecule has 0 atom stereocenters. The third-order valence-corrected chi connectivity index (χ3v) is 4.73. The molecule has 1 aliphatic carbocycles. The van der Waals surface area contributed by atoms with Crippen molar-refractivity contribution in [2.45, 2.75) is 19.8 Å². The van der Waals surface area contributed by atoms with Crippen LogP contribution < -0.4 is 5.32 Å². The largest absolute Gasteiger partial charge is 0.351 e. The van der Waals surface area contributed by atoms with Gasteiger partial charge in [0.1, 0.15) is 5.56 Å². The molecule has 1 amide bonds. The van der Waals surface area contributed by atoms with E-state index in [1.165, 1.54) is 6.07 Å². The summed E-state index contributed by atoms with van der Waals surface area (Å²) >= 11 is 3.43. The van der Waals surface area contributed by atoms with E-state index in [4.69, 9.17) is 0 Å². The van der Waals surface area contributed by atoms with Gasteiger partial charge in [0.05, 0.1) is 4.92 Å². The van der Waals surface area contributed by atoms with Crippen LogP contribution in [0.25, 0.3) is 0 Å². The summed E-state index contributed by atoms with van der Waals surface area (Å²) in [6, 6.07) is 4.66. The molecule has 1 N–H and O–H groups in total. The van der Waals surface area contributed by atoms with Gasteiger partial charge >= 0.3 is 0 Å². The van der Waals surface area contributed by atoms with Gasteiger partial charge in [0, 0.05) is 17.9 Å². The Bertz CT molecular complexity index is 527. The molecule has 5 nitrogen and oxygen atoms in total. The maximum absolute atomic E-state index is 12.2. The molecule has 0 aromatic heterocycles. The Kier molecular flexibility index (Phi) is 3.89. The van der Waals surface area contributed by atoms with Crippen LogP contribution in [0.1, 0.15) is 28.8 Å². The first-order valence-corrected chi connectivity index (χ1v) is 7.19. The SMILES string of the molecule is Cc1cccc([N+](=O)[O-])c1C(=O)NCC1(CBr)CC1. The van der Waals surface area contributed by atoms with Crippen molar-refractivity contribution < 1.29 is 9.72 Å². The van der Waals surface area contributed by atoms with E-state index in [1.54, 1.807) is 19.1 Å². The lowest BCUT2D eigenvalue weighted by molar-refractivity contribution is -0.385. The van der Waals surface area contributed by atoms with Gasteiger partial charge in [-0.2, -0.15) is 0 Å². The standard InChI is InChI=1S/C13H15BrN2O3/c1-9-3-2-4-10(16(18)19)11(9)12(17)15-8-13(7-14)5-6-13/h2-4H,5-8H2,1H3,(H,15,17). The van der Waals surface area contributed by atoms with Crippen molar-refractivity contribution in [1.29, 1.82) is 0 Å².